The van der Waals surface area contributed by atoms with Crippen molar-refractivity contribution in [2.75, 3.05) is 7.11 Å². The molecule has 1 aromatic carbocycles. The number of esters is 1. The van der Waals surface area contributed by atoms with Crippen LogP contribution in [0.3, 0.4) is 0 Å². The molecule has 2 N–H and O–H groups in total. The van der Waals surface area contributed by atoms with Crippen molar-refractivity contribution in [3.05, 3.63) is 59.3 Å². The third-order valence-electron chi connectivity index (χ3n) is 2.78. The average Bonchev–Trinajstić information content (AvgIpc) is 2.90. The molecule has 1 heterocycles. The number of methoxy groups -OCH3 is 1. The Hall–Kier alpha value is -2.14. The van der Waals surface area contributed by atoms with Crippen LogP contribution in [0, 0.1) is 5.82 Å². The highest BCUT2D eigenvalue weighted by Crippen LogP contribution is 2.20. The van der Waals surface area contributed by atoms with Gasteiger partial charge in [0.1, 0.15) is 11.6 Å². The maximum Gasteiger partial charge on any atom is 0.373 e. The van der Waals surface area contributed by atoms with Crippen LogP contribution in [-0.4, -0.2) is 13.1 Å². The quantitative estimate of drug-likeness (QED) is 0.860. The van der Waals surface area contributed by atoms with Gasteiger partial charge in [0.15, 0.2) is 0 Å². The Labute approximate surface area is 110 Å². The van der Waals surface area contributed by atoms with Crippen LogP contribution in [0.4, 0.5) is 4.39 Å². The molecule has 0 spiro atoms. The number of benzene rings is 1. The van der Waals surface area contributed by atoms with E-state index in [9.17, 15) is 9.18 Å². The topological polar surface area (TPSA) is 65.5 Å². The number of hydrogen-bond acceptors (Lipinski definition) is 4. The highest BCUT2D eigenvalue weighted by atomic mass is 19.1. The number of rotatable bonds is 4. The summed E-state index contributed by atoms with van der Waals surface area (Å²) in [6.07, 6.45) is 0.292. The van der Waals surface area contributed by atoms with Gasteiger partial charge in [-0.2, -0.15) is 0 Å². The van der Waals surface area contributed by atoms with E-state index in [4.69, 9.17) is 10.2 Å². The van der Waals surface area contributed by atoms with E-state index in [1.54, 1.807) is 24.3 Å². The van der Waals surface area contributed by atoms with E-state index < -0.39 is 12.0 Å². The van der Waals surface area contributed by atoms with Crippen molar-refractivity contribution in [3.8, 4) is 0 Å². The fraction of sp³-hybridized carbons (Fsp3) is 0.214. The SMILES string of the molecule is COC(=O)c1ccc(C(N)Cc2ccccc2F)o1. The lowest BCUT2D eigenvalue weighted by Gasteiger charge is -2.09. The van der Waals surface area contributed by atoms with Gasteiger partial charge in [0.2, 0.25) is 5.76 Å². The second-order valence-electron chi connectivity index (χ2n) is 4.10. The fourth-order valence-corrected chi connectivity index (χ4v) is 1.76. The summed E-state index contributed by atoms with van der Waals surface area (Å²) in [6.45, 7) is 0. The highest BCUT2D eigenvalue weighted by molar-refractivity contribution is 5.86. The van der Waals surface area contributed by atoms with Gasteiger partial charge in [-0.05, 0) is 30.2 Å². The maximum atomic E-state index is 13.5. The Morgan fingerprint density at radius 3 is 2.79 bits per heavy atom. The number of halogens is 1. The van der Waals surface area contributed by atoms with E-state index in [-0.39, 0.29) is 11.6 Å². The van der Waals surface area contributed by atoms with Gasteiger partial charge >= 0.3 is 5.97 Å². The molecule has 0 saturated carbocycles. The maximum absolute atomic E-state index is 13.5. The molecule has 2 rings (SSSR count). The van der Waals surface area contributed by atoms with Gasteiger partial charge in [-0.1, -0.05) is 18.2 Å². The summed E-state index contributed by atoms with van der Waals surface area (Å²) in [4.78, 5) is 11.2. The predicted octanol–water partition coefficient (Wildman–Crippen LogP) is 2.45. The molecular formula is C14H14FNO3. The van der Waals surface area contributed by atoms with E-state index in [0.29, 0.717) is 17.7 Å². The summed E-state index contributed by atoms with van der Waals surface area (Å²) < 4.78 is 23.3. The zero-order valence-corrected chi connectivity index (χ0v) is 10.4. The van der Waals surface area contributed by atoms with E-state index in [1.165, 1.54) is 19.2 Å². The van der Waals surface area contributed by atoms with Crippen LogP contribution < -0.4 is 5.73 Å². The van der Waals surface area contributed by atoms with Gasteiger partial charge in [-0.25, -0.2) is 9.18 Å². The standard InChI is InChI=1S/C14H14FNO3/c1-18-14(17)13-7-6-12(19-13)11(16)8-9-4-2-3-5-10(9)15/h2-7,11H,8,16H2,1H3. The molecule has 0 saturated heterocycles. The van der Waals surface area contributed by atoms with E-state index in [2.05, 4.69) is 4.74 Å². The number of carbonyl (C=O) groups is 1. The molecule has 1 atom stereocenters. The lowest BCUT2D eigenvalue weighted by atomic mass is 10.0. The summed E-state index contributed by atoms with van der Waals surface area (Å²) in [5.74, 6) is -0.368. The van der Waals surface area contributed by atoms with Crippen LogP contribution >= 0.6 is 0 Å². The van der Waals surface area contributed by atoms with Crippen LogP contribution in [0.1, 0.15) is 27.9 Å². The molecular weight excluding hydrogens is 249 g/mol. The van der Waals surface area contributed by atoms with Gasteiger partial charge in [0.25, 0.3) is 0 Å². The molecule has 2 aromatic rings. The minimum absolute atomic E-state index is 0.0847. The van der Waals surface area contributed by atoms with E-state index >= 15 is 0 Å². The van der Waals surface area contributed by atoms with Crippen LogP contribution in [0.5, 0.6) is 0 Å². The van der Waals surface area contributed by atoms with Crippen molar-refractivity contribution in [3.63, 3.8) is 0 Å². The number of furan rings is 1. The summed E-state index contributed by atoms with van der Waals surface area (Å²) in [7, 11) is 1.27. The molecule has 5 heteroatoms. The molecule has 0 aliphatic carbocycles. The van der Waals surface area contributed by atoms with Crippen LogP contribution in [0.15, 0.2) is 40.8 Å². The summed E-state index contributed by atoms with van der Waals surface area (Å²) in [6, 6.07) is 8.97. The molecule has 0 aliphatic heterocycles. The molecule has 100 valence electrons. The van der Waals surface area contributed by atoms with E-state index in [1.807, 2.05) is 0 Å². The predicted molar refractivity (Wildman–Crippen MR) is 67.1 cm³/mol. The third kappa shape index (κ3) is 3.00. The molecule has 0 amide bonds. The normalized spacial score (nSPS) is 12.2. The minimum atomic E-state index is -0.565. The van der Waals surface area contributed by atoms with Crippen molar-refractivity contribution >= 4 is 5.97 Å². The third-order valence-corrected chi connectivity index (χ3v) is 2.78. The first-order chi connectivity index (χ1) is 9.11. The molecule has 1 aromatic heterocycles. The van der Waals surface area contributed by atoms with Crippen LogP contribution in [-0.2, 0) is 11.2 Å². The second kappa shape index (κ2) is 5.67. The first kappa shape index (κ1) is 13.3. The molecule has 19 heavy (non-hydrogen) atoms. The van der Waals surface area contributed by atoms with E-state index in [0.717, 1.165) is 0 Å². The number of carbonyl (C=O) groups excluding carboxylic acids is 1. The van der Waals surface area contributed by atoms with Crippen LogP contribution in [0.2, 0.25) is 0 Å². The zero-order valence-electron chi connectivity index (χ0n) is 10.4. The van der Waals surface area contributed by atoms with Gasteiger partial charge in [-0.15, -0.1) is 0 Å². The Morgan fingerprint density at radius 2 is 2.11 bits per heavy atom. The Morgan fingerprint density at radius 1 is 1.37 bits per heavy atom. The minimum Gasteiger partial charge on any atom is -0.463 e. The number of ether oxygens (including phenoxy) is 1. The van der Waals surface area contributed by atoms with Crippen molar-refractivity contribution in [2.24, 2.45) is 5.73 Å². The van der Waals surface area contributed by atoms with Gasteiger partial charge in [0.05, 0.1) is 13.2 Å². The summed E-state index contributed by atoms with van der Waals surface area (Å²) >= 11 is 0. The average molecular weight is 263 g/mol. The van der Waals surface area contributed by atoms with Crippen molar-refractivity contribution in [1.29, 1.82) is 0 Å². The first-order valence-corrected chi connectivity index (χ1v) is 5.79. The lowest BCUT2D eigenvalue weighted by molar-refractivity contribution is 0.0562. The van der Waals surface area contributed by atoms with Crippen LogP contribution in [0.25, 0.3) is 0 Å². The first-order valence-electron chi connectivity index (χ1n) is 5.79. The highest BCUT2D eigenvalue weighted by Gasteiger charge is 2.17. The summed E-state index contributed by atoms with van der Waals surface area (Å²) in [5.41, 5.74) is 6.44. The second-order valence-corrected chi connectivity index (χ2v) is 4.10. The fourth-order valence-electron chi connectivity index (χ4n) is 1.76. The molecule has 0 bridgehead atoms. The van der Waals surface area contributed by atoms with Crippen molar-refractivity contribution < 1.29 is 18.3 Å². The molecule has 0 aliphatic rings. The number of nitrogens with two attached hydrogens (primary N) is 1. The molecule has 4 nitrogen and oxygen atoms in total. The molecule has 0 fully saturated rings. The van der Waals surface area contributed by atoms with Gasteiger partial charge in [0, 0.05) is 0 Å². The molecule has 1 unspecified atom stereocenters. The monoisotopic (exact) mass is 263 g/mol. The van der Waals surface area contributed by atoms with Gasteiger partial charge in [-0.3, -0.25) is 0 Å². The summed E-state index contributed by atoms with van der Waals surface area (Å²) in [5, 5.41) is 0. The van der Waals surface area contributed by atoms with Gasteiger partial charge < -0.3 is 14.9 Å². The Kier molecular flexibility index (Phi) is 3.97. The van der Waals surface area contributed by atoms with Crippen molar-refractivity contribution in [1.82, 2.24) is 0 Å². The number of hydrogen-bond donors (Lipinski definition) is 1. The molecule has 0 radical (unpaired) electrons. The Bertz CT molecular complexity index is 580. The zero-order chi connectivity index (χ0) is 13.8. The van der Waals surface area contributed by atoms with Crippen molar-refractivity contribution in [2.45, 2.75) is 12.5 Å². The smallest absolute Gasteiger partial charge is 0.373 e. The Balaban J connectivity index is 2.12. The largest absolute Gasteiger partial charge is 0.463 e. The lowest BCUT2D eigenvalue weighted by Crippen LogP contribution is -2.13.